The molecule has 1 aliphatic rings. The molecule has 2 N–H and O–H groups in total. The third kappa shape index (κ3) is 3.90. The van der Waals surface area contributed by atoms with Crippen LogP contribution in [-0.2, 0) is 12.8 Å². The van der Waals surface area contributed by atoms with Crippen LogP contribution in [0.4, 0.5) is 5.00 Å². The Hall–Kier alpha value is -1.94. The number of nitrogens with zero attached hydrogens (tertiary/aromatic N) is 1. The monoisotopic (exact) mass is 403 g/mol. The minimum atomic E-state index is -0.335. The number of hydrogen-bond acceptors (Lipinski definition) is 4. The number of anilines is 1. The zero-order chi connectivity index (χ0) is 18.8. The van der Waals surface area contributed by atoms with Gasteiger partial charge in [-0.1, -0.05) is 24.6 Å². The van der Waals surface area contributed by atoms with Crippen LogP contribution >= 0.6 is 35.2 Å². The second-order valence-electron chi connectivity index (χ2n) is 6.54. The van der Waals surface area contributed by atoms with Crippen molar-refractivity contribution < 1.29 is 4.79 Å². The summed E-state index contributed by atoms with van der Waals surface area (Å²) in [6, 6.07) is 7.38. The first-order valence-electron chi connectivity index (χ1n) is 8.32. The summed E-state index contributed by atoms with van der Waals surface area (Å²) in [5, 5.41) is 16.6. The molecule has 0 fully saturated rings. The summed E-state index contributed by atoms with van der Waals surface area (Å²) in [5.41, 5.74) is 3.11. The van der Waals surface area contributed by atoms with Gasteiger partial charge < -0.3 is 5.32 Å². The van der Waals surface area contributed by atoms with Gasteiger partial charge in [-0.25, -0.2) is 0 Å². The molecule has 0 aliphatic heterocycles. The fourth-order valence-electron chi connectivity index (χ4n) is 3.00. The predicted octanol–water partition coefficient (Wildman–Crippen LogP) is 4.83. The van der Waals surface area contributed by atoms with E-state index in [1.807, 2.05) is 6.92 Å². The number of thiophene rings is 1. The van der Waals surface area contributed by atoms with Gasteiger partial charge in [0, 0.05) is 15.5 Å². The van der Waals surface area contributed by atoms with E-state index in [1.54, 1.807) is 29.5 Å². The van der Waals surface area contributed by atoms with Gasteiger partial charge in [-0.2, -0.15) is 5.26 Å². The highest BCUT2D eigenvalue weighted by Crippen LogP contribution is 2.39. The van der Waals surface area contributed by atoms with Gasteiger partial charge in [0.15, 0.2) is 5.11 Å². The minimum absolute atomic E-state index is 0.176. The highest BCUT2D eigenvalue weighted by molar-refractivity contribution is 7.80. The molecule has 134 valence electrons. The fourth-order valence-corrected chi connectivity index (χ4v) is 4.81. The van der Waals surface area contributed by atoms with E-state index in [-0.39, 0.29) is 11.0 Å². The van der Waals surface area contributed by atoms with Crippen molar-refractivity contribution in [1.29, 1.82) is 5.26 Å². The molecular weight excluding hydrogens is 386 g/mol. The van der Waals surface area contributed by atoms with Crippen LogP contribution in [0.5, 0.6) is 0 Å². The van der Waals surface area contributed by atoms with Crippen LogP contribution in [0.2, 0.25) is 5.02 Å². The van der Waals surface area contributed by atoms with E-state index in [2.05, 4.69) is 23.6 Å². The van der Waals surface area contributed by atoms with Gasteiger partial charge in [0.2, 0.25) is 0 Å². The lowest BCUT2D eigenvalue weighted by Gasteiger charge is -2.17. The zero-order valence-corrected chi connectivity index (χ0v) is 16.9. The van der Waals surface area contributed by atoms with Gasteiger partial charge in [-0.15, -0.1) is 11.3 Å². The standard InChI is InChI=1S/C19H18ClN3OS2/c1-10-3-6-13-14(9-21)18(26-16(13)7-10)23-19(25)22-17(24)12-5-4-11(2)15(20)8-12/h4-5,8,10H,3,6-7H2,1-2H3,(H2,22,23,24,25). The van der Waals surface area contributed by atoms with E-state index in [9.17, 15) is 10.1 Å². The van der Waals surface area contributed by atoms with E-state index in [4.69, 9.17) is 23.8 Å². The summed E-state index contributed by atoms with van der Waals surface area (Å²) in [7, 11) is 0. The normalized spacial score (nSPS) is 15.7. The number of hydrogen-bond donors (Lipinski definition) is 2. The SMILES string of the molecule is Cc1ccc(C(=O)NC(=S)Nc2sc3c(c2C#N)CCC(C)C3)cc1Cl. The molecule has 1 heterocycles. The van der Waals surface area contributed by atoms with E-state index >= 15 is 0 Å². The summed E-state index contributed by atoms with van der Waals surface area (Å²) in [5.74, 6) is 0.288. The summed E-state index contributed by atoms with van der Waals surface area (Å²) >= 11 is 12.9. The van der Waals surface area contributed by atoms with Crippen LogP contribution in [0.3, 0.4) is 0 Å². The fraction of sp³-hybridized carbons (Fsp3) is 0.316. The minimum Gasteiger partial charge on any atom is -0.323 e. The molecule has 0 bridgehead atoms. The molecule has 1 atom stereocenters. The maximum Gasteiger partial charge on any atom is 0.257 e. The second-order valence-corrected chi connectivity index (χ2v) is 8.46. The molecule has 4 nitrogen and oxygen atoms in total. The maximum atomic E-state index is 12.3. The largest absolute Gasteiger partial charge is 0.323 e. The Balaban J connectivity index is 1.73. The van der Waals surface area contributed by atoms with Gasteiger partial charge in [0.05, 0.1) is 5.56 Å². The molecule has 26 heavy (non-hydrogen) atoms. The third-order valence-corrected chi connectivity index (χ3v) is 6.29. The Kier molecular flexibility index (Phi) is 5.61. The lowest BCUT2D eigenvalue weighted by molar-refractivity contribution is 0.0977. The average Bonchev–Trinajstić information content (AvgIpc) is 2.92. The topological polar surface area (TPSA) is 64.9 Å². The number of nitriles is 1. The van der Waals surface area contributed by atoms with Gasteiger partial charge in [-0.05, 0) is 67.6 Å². The van der Waals surface area contributed by atoms with Gasteiger partial charge in [-0.3, -0.25) is 10.1 Å². The Labute approximate surface area is 167 Å². The number of amides is 1. The molecule has 1 unspecified atom stereocenters. The Morgan fingerprint density at radius 2 is 2.23 bits per heavy atom. The number of thiocarbonyl (C=S) groups is 1. The first-order valence-corrected chi connectivity index (χ1v) is 9.92. The lowest BCUT2D eigenvalue weighted by atomic mass is 9.89. The molecule has 2 aromatic rings. The summed E-state index contributed by atoms with van der Waals surface area (Å²) < 4.78 is 0. The van der Waals surface area contributed by atoms with Crippen LogP contribution in [0.1, 0.15) is 45.3 Å². The third-order valence-electron chi connectivity index (χ3n) is 4.51. The molecule has 1 aliphatic carbocycles. The molecule has 0 saturated carbocycles. The van der Waals surface area contributed by atoms with Crippen molar-refractivity contribution in [3.05, 3.63) is 50.4 Å². The molecule has 7 heteroatoms. The molecule has 0 spiro atoms. The molecule has 0 saturated heterocycles. The molecule has 1 aromatic heterocycles. The van der Waals surface area contributed by atoms with Crippen molar-refractivity contribution in [3.8, 4) is 6.07 Å². The number of fused-ring (bicyclic) bond motifs is 1. The van der Waals surface area contributed by atoms with Crippen LogP contribution in [0.25, 0.3) is 0 Å². The van der Waals surface area contributed by atoms with E-state index in [0.717, 1.165) is 30.4 Å². The van der Waals surface area contributed by atoms with Crippen molar-refractivity contribution >= 4 is 51.2 Å². The van der Waals surface area contributed by atoms with Gasteiger partial charge in [0.25, 0.3) is 5.91 Å². The quantitative estimate of drug-likeness (QED) is 0.704. The predicted molar refractivity (Wildman–Crippen MR) is 110 cm³/mol. The van der Waals surface area contributed by atoms with Crippen LogP contribution in [-0.4, -0.2) is 11.0 Å². The molecule has 1 aromatic carbocycles. The Morgan fingerprint density at radius 3 is 2.92 bits per heavy atom. The van der Waals surface area contributed by atoms with Crippen LogP contribution in [0.15, 0.2) is 18.2 Å². The van der Waals surface area contributed by atoms with E-state index < -0.39 is 0 Å². The molecule has 3 rings (SSSR count). The number of halogens is 1. The van der Waals surface area contributed by atoms with Crippen LogP contribution < -0.4 is 10.6 Å². The zero-order valence-electron chi connectivity index (χ0n) is 14.5. The number of carbonyl (C=O) groups excluding carboxylic acids is 1. The van der Waals surface area contributed by atoms with E-state index in [0.29, 0.717) is 27.1 Å². The molecular formula is C19H18ClN3OS2. The summed E-state index contributed by atoms with van der Waals surface area (Å²) in [4.78, 5) is 13.6. The number of aryl methyl sites for hydroxylation is 1. The number of carbonyl (C=O) groups is 1. The Bertz CT molecular complexity index is 930. The molecule has 0 radical (unpaired) electrons. The van der Waals surface area contributed by atoms with Gasteiger partial charge in [0.1, 0.15) is 11.1 Å². The maximum absolute atomic E-state index is 12.3. The Morgan fingerprint density at radius 1 is 1.46 bits per heavy atom. The van der Waals surface area contributed by atoms with Crippen molar-refractivity contribution in [2.24, 2.45) is 5.92 Å². The summed E-state index contributed by atoms with van der Waals surface area (Å²) in [6.07, 6.45) is 2.99. The van der Waals surface area contributed by atoms with Crippen LogP contribution in [0, 0.1) is 24.2 Å². The van der Waals surface area contributed by atoms with Crippen molar-refractivity contribution in [2.75, 3.05) is 5.32 Å². The summed E-state index contributed by atoms with van der Waals surface area (Å²) in [6.45, 7) is 4.10. The number of benzene rings is 1. The second kappa shape index (κ2) is 7.75. The average molecular weight is 404 g/mol. The van der Waals surface area contributed by atoms with E-state index in [1.165, 1.54) is 4.88 Å². The highest BCUT2D eigenvalue weighted by Gasteiger charge is 2.24. The number of rotatable bonds is 2. The highest BCUT2D eigenvalue weighted by atomic mass is 35.5. The van der Waals surface area contributed by atoms with Crippen molar-refractivity contribution in [3.63, 3.8) is 0 Å². The first-order chi connectivity index (χ1) is 12.4. The van der Waals surface area contributed by atoms with Crippen molar-refractivity contribution in [2.45, 2.75) is 33.1 Å². The molecule has 1 amide bonds. The smallest absolute Gasteiger partial charge is 0.257 e. The number of nitrogens with one attached hydrogen (secondary N) is 2. The van der Waals surface area contributed by atoms with Crippen molar-refractivity contribution in [1.82, 2.24) is 5.32 Å². The lowest BCUT2D eigenvalue weighted by Crippen LogP contribution is -2.34. The first kappa shape index (κ1) is 18.8. The van der Waals surface area contributed by atoms with Gasteiger partial charge >= 0.3 is 0 Å².